The van der Waals surface area contributed by atoms with Crippen molar-refractivity contribution >= 4 is 35.8 Å². The standard InChI is InChI=1S/C8H16Cl2O2Si/c1-2-3-4-5-6-7-8(11)12-13(9)10/h13H,2-7H2,1H3. The van der Waals surface area contributed by atoms with E-state index >= 15 is 0 Å². The molecular weight excluding hydrogens is 227 g/mol. The molecule has 0 fully saturated rings. The van der Waals surface area contributed by atoms with E-state index in [1.807, 2.05) is 0 Å². The summed E-state index contributed by atoms with van der Waals surface area (Å²) >= 11 is 10.8. The van der Waals surface area contributed by atoms with Crippen LogP contribution in [0.1, 0.15) is 45.4 Å². The monoisotopic (exact) mass is 242 g/mol. The lowest BCUT2D eigenvalue weighted by molar-refractivity contribution is -0.134. The second-order valence-corrected chi connectivity index (χ2v) is 6.72. The minimum Gasteiger partial charge on any atom is -0.494 e. The molecule has 0 aromatic rings. The Labute approximate surface area is 90.7 Å². The topological polar surface area (TPSA) is 26.3 Å². The first-order chi connectivity index (χ1) is 6.16. The van der Waals surface area contributed by atoms with Gasteiger partial charge in [0.05, 0.1) is 0 Å². The molecule has 0 aromatic carbocycles. The van der Waals surface area contributed by atoms with E-state index in [4.69, 9.17) is 22.2 Å². The molecule has 0 radical (unpaired) electrons. The number of halogens is 2. The fourth-order valence-electron chi connectivity index (χ4n) is 1.03. The van der Waals surface area contributed by atoms with Crippen molar-refractivity contribution in [2.75, 3.05) is 0 Å². The molecule has 0 N–H and O–H groups in total. The van der Waals surface area contributed by atoms with E-state index in [1.54, 1.807) is 0 Å². The molecule has 0 heterocycles. The lowest BCUT2D eigenvalue weighted by Crippen LogP contribution is -2.10. The fourth-order valence-corrected chi connectivity index (χ4v) is 1.94. The molecule has 0 aromatic heterocycles. The molecule has 2 nitrogen and oxygen atoms in total. The summed E-state index contributed by atoms with van der Waals surface area (Å²) in [5.74, 6) is -0.252. The first-order valence-electron chi connectivity index (χ1n) is 4.64. The molecule has 0 saturated carbocycles. The van der Waals surface area contributed by atoms with Crippen molar-refractivity contribution in [3.05, 3.63) is 0 Å². The van der Waals surface area contributed by atoms with Crippen LogP contribution in [-0.2, 0) is 9.22 Å². The Kier molecular flexibility index (Phi) is 9.03. The molecule has 0 spiro atoms. The quantitative estimate of drug-likeness (QED) is 0.390. The Bertz CT molecular complexity index is 142. The summed E-state index contributed by atoms with van der Waals surface area (Å²) in [7, 11) is -2.20. The van der Waals surface area contributed by atoms with Gasteiger partial charge in [0.1, 0.15) is 0 Å². The van der Waals surface area contributed by atoms with Gasteiger partial charge in [-0.3, -0.25) is 4.79 Å². The van der Waals surface area contributed by atoms with Crippen molar-refractivity contribution in [2.24, 2.45) is 0 Å². The van der Waals surface area contributed by atoms with Crippen molar-refractivity contribution in [1.82, 2.24) is 0 Å². The van der Waals surface area contributed by atoms with Crippen molar-refractivity contribution < 1.29 is 9.22 Å². The smallest absolute Gasteiger partial charge is 0.435 e. The van der Waals surface area contributed by atoms with Crippen LogP contribution in [0.4, 0.5) is 0 Å². The number of carbonyl (C=O) groups excluding carboxylic acids is 1. The Morgan fingerprint density at radius 2 is 1.85 bits per heavy atom. The van der Waals surface area contributed by atoms with E-state index in [0.29, 0.717) is 6.42 Å². The van der Waals surface area contributed by atoms with Crippen molar-refractivity contribution in [3.8, 4) is 0 Å². The van der Waals surface area contributed by atoms with Crippen molar-refractivity contribution in [2.45, 2.75) is 45.4 Å². The van der Waals surface area contributed by atoms with Crippen LogP contribution < -0.4 is 0 Å². The van der Waals surface area contributed by atoms with Gasteiger partial charge < -0.3 is 4.43 Å². The van der Waals surface area contributed by atoms with Gasteiger partial charge in [0.15, 0.2) is 0 Å². The van der Waals surface area contributed by atoms with E-state index in [-0.39, 0.29) is 5.97 Å². The second-order valence-electron chi connectivity index (χ2n) is 2.91. The third-order valence-corrected chi connectivity index (χ3v) is 2.68. The van der Waals surface area contributed by atoms with Crippen LogP contribution in [0, 0.1) is 0 Å². The highest BCUT2D eigenvalue weighted by molar-refractivity contribution is 7.31. The minimum atomic E-state index is -2.20. The molecule has 0 aliphatic heterocycles. The first kappa shape index (κ1) is 13.3. The van der Waals surface area contributed by atoms with Gasteiger partial charge >= 0.3 is 7.66 Å². The average Bonchev–Trinajstić information content (AvgIpc) is 2.02. The predicted octanol–water partition coefficient (Wildman–Crippen LogP) is 3.08. The van der Waals surface area contributed by atoms with Crippen LogP contribution >= 0.6 is 22.2 Å². The summed E-state index contributed by atoms with van der Waals surface area (Å²) < 4.78 is 4.69. The average molecular weight is 243 g/mol. The maximum absolute atomic E-state index is 10.9. The Morgan fingerprint density at radius 3 is 2.38 bits per heavy atom. The zero-order chi connectivity index (χ0) is 10.1. The molecule has 13 heavy (non-hydrogen) atoms. The first-order valence-corrected chi connectivity index (χ1v) is 8.60. The molecule has 0 atom stereocenters. The third kappa shape index (κ3) is 10.2. The summed E-state index contributed by atoms with van der Waals surface area (Å²) in [5.41, 5.74) is 0. The predicted molar refractivity (Wildman–Crippen MR) is 58.3 cm³/mol. The van der Waals surface area contributed by atoms with Crippen LogP contribution in [0.5, 0.6) is 0 Å². The maximum Gasteiger partial charge on any atom is 0.435 e. The number of hydrogen-bond acceptors (Lipinski definition) is 2. The highest BCUT2D eigenvalue weighted by Gasteiger charge is 2.09. The summed E-state index contributed by atoms with van der Waals surface area (Å²) in [6.07, 6.45) is 6.05. The van der Waals surface area contributed by atoms with Crippen LogP contribution in [0.2, 0.25) is 0 Å². The molecule has 5 heteroatoms. The molecule has 0 aliphatic rings. The molecule has 0 bridgehead atoms. The Morgan fingerprint density at radius 1 is 1.23 bits per heavy atom. The summed E-state index contributed by atoms with van der Waals surface area (Å²) in [6.45, 7) is 2.16. The Balaban J connectivity index is 3.17. The second kappa shape index (κ2) is 8.85. The van der Waals surface area contributed by atoms with Crippen molar-refractivity contribution in [1.29, 1.82) is 0 Å². The van der Waals surface area contributed by atoms with Gasteiger partial charge in [-0.2, -0.15) is 0 Å². The van der Waals surface area contributed by atoms with Crippen LogP contribution in [0.25, 0.3) is 0 Å². The third-order valence-electron chi connectivity index (χ3n) is 1.70. The van der Waals surface area contributed by atoms with E-state index in [2.05, 4.69) is 11.3 Å². The molecule has 0 saturated heterocycles. The van der Waals surface area contributed by atoms with Gasteiger partial charge in [-0.25, -0.2) is 0 Å². The number of carbonyl (C=O) groups is 1. The SMILES string of the molecule is CCCCCCCC(=O)O[SiH](Cl)Cl. The van der Waals surface area contributed by atoms with E-state index < -0.39 is 7.66 Å². The molecule has 0 aliphatic carbocycles. The highest BCUT2D eigenvalue weighted by atomic mass is 35.7. The van der Waals surface area contributed by atoms with E-state index in [9.17, 15) is 4.79 Å². The number of hydrogen-bond donors (Lipinski definition) is 0. The van der Waals surface area contributed by atoms with E-state index in [1.165, 1.54) is 19.3 Å². The fraction of sp³-hybridized carbons (Fsp3) is 0.875. The lowest BCUT2D eigenvalue weighted by Gasteiger charge is -2.03. The summed E-state index contributed by atoms with van der Waals surface area (Å²) in [5, 5.41) is 0. The van der Waals surface area contributed by atoms with Gasteiger partial charge in [-0.15, -0.1) is 22.2 Å². The maximum atomic E-state index is 10.9. The van der Waals surface area contributed by atoms with Crippen LogP contribution in [0.15, 0.2) is 0 Å². The molecule has 0 amide bonds. The summed E-state index contributed by atoms with van der Waals surface area (Å²) in [4.78, 5) is 10.9. The van der Waals surface area contributed by atoms with Gasteiger partial charge in [-0.05, 0) is 6.42 Å². The zero-order valence-electron chi connectivity index (χ0n) is 7.89. The van der Waals surface area contributed by atoms with Gasteiger partial charge in [-0.1, -0.05) is 32.6 Å². The minimum absolute atomic E-state index is 0.252. The van der Waals surface area contributed by atoms with Gasteiger partial charge in [0.2, 0.25) is 0 Å². The molecular formula is C8H16Cl2O2Si. The molecule has 0 rings (SSSR count). The van der Waals surface area contributed by atoms with Crippen LogP contribution in [0.3, 0.4) is 0 Å². The number of unbranched alkanes of at least 4 members (excludes halogenated alkanes) is 4. The van der Waals surface area contributed by atoms with E-state index in [0.717, 1.165) is 12.8 Å². The normalized spacial score (nSPS) is 10.5. The van der Waals surface area contributed by atoms with Crippen LogP contribution in [-0.4, -0.2) is 13.6 Å². The highest BCUT2D eigenvalue weighted by Crippen LogP contribution is 2.07. The largest absolute Gasteiger partial charge is 0.494 e. The summed E-state index contributed by atoms with van der Waals surface area (Å²) in [6, 6.07) is 0. The number of rotatable bonds is 7. The Hall–Kier alpha value is 0.267. The van der Waals surface area contributed by atoms with Crippen molar-refractivity contribution in [3.63, 3.8) is 0 Å². The molecule has 0 unspecified atom stereocenters. The lowest BCUT2D eigenvalue weighted by atomic mass is 10.1. The molecule has 78 valence electrons. The van der Waals surface area contributed by atoms with Gasteiger partial charge in [0, 0.05) is 6.42 Å². The zero-order valence-corrected chi connectivity index (χ0v) is 10.6. The van der Waals surface area contributed by atoms with Gasteiger partial charge in [0.25, 0.3) is 5.97 Å².